The standard InChI is InChI=1S/C26H34N2O2/c1-18(2)22-5-3-4-6-23(22)24-17-28(14-13-27-24)16-19-7-12-25(29-20-8-9-20)26(15-19)30-21-10-11-21/h3-7,12,15,18,20-21,24,27H,8-11,13-14,16-17H2,1-2H3. The maximum atomic E-state index is 6.19. The van der Waals surface area contributed by atoms with Crippen molar-refractivity contribution < 1.29 is 9.47 Å². The first kappa shape index (κ1) is 19.9. The molecule has 0 amide bonds. The van der Waals surface area contributed by atoms with Crippen LogP contribution in [0.3, 0.4) is 0 Å². The molecule has 30 heavy (non-hydrogen) atoms. The fraction of sp³-hybridized carbons (Fsp3) is 0.538. The Bertz CT molecular complexity index is 873. The van der Waals surface area contributed by atoms with Gasteiger partial charge in [-0.3, -0.25) is 4.90 Å². The van der Waals surface area contributed by atoms with E-state index < -0.39 is 0 Å². The van der Waals surface area contributed by atoms with Crippen LogP contribution >= 0.6 is 0 Å². The zero-order valence-electron chi connectivity index (χ0n) is 18.3. The van der Waals surface area contributed by atoms with E-state index in [0.717, 1.165) is 37.7 Å². The molecule has 5 rings (SSSR count). The molecule has 0 spiro atoms. The molecule has 3 fully saturated rings. The molecule has 1 heterocycles. The molecule has 3 aliphatic rings. The van der Waals surface area contributed by atoms with E-state index in [4.69, 9.17) is 9.47 Å². The summed E-state index contributed by atoms with van der Waals surface area (Å²) in [6.07, 6.45) is 5.46. The van der Waals surface area contributed by atoms with Crippen molar-refractivity contribution in [1.29, 1.82) is 0 Å². The molecule has 2 saturated carbocycles. The molecule has 1 unspecified atom stereocenters. The SMILES string of the molecule is CC(C)c1ccccc1C1CN(Cc2ccc(OC3CC3)c(OC3CC3)c2)CCN1. The summed E-state index contributed by atoms with van der Waals surface area (Å²) < 4.78 is 12.3. The Hall–Kier alpha value is -2.04. The van der Waals surface area contributed by atoms with E-state index in [0.29, 0.717) is 24.2 Å². The fourth-order valence-corrected chi connectivity index (χ4v) is 4.35. The van der Waals surface area contributed by atoms with E-state index in [9.17, 15) is 0 Å². The van der Waals surface area contributed by atoms with E-state index in [-0.39, 0.29) is 0 Å². The first-order chi connectivity index (χ1) is 14.7. The number of piperazine rings is 1. The van der Waals surface area contributed by atoms with E-state index in [1.165, 1.54) is 42.4 Å². The molecular formula is C26H34N2O2. The number of nitrogens with zero attached hydrogens (tertiary/aromatic N) is 1. The van der Waals surface area contributed by atoms with Crippen LogP contribution < -0.4 is 14.8 Å². The zero-order chi connectivity index (χ0) is 20.5. The lowest BCUT2D eigenvalue weighted by atomic mass is 9.92. The maximum Gasteiger partial charge on any atom is 0.161 e. The largest absolute Gasteiger partial charge is 0.487 e. The predicted octanol–water partition coefficient (Wildman–Crippen LogP) is 5.04. The molecule has 0 radical (unpaired) electrons. The molecule has 1 saturated heterocycles. The Kier molecular flexibility index (Phi) is 5.70. The molecule has 0 aromatic heterocycles. The summed E-state index contributed by atoms with van der Waals surface area (Å²) >= 11 is 0. The Morgan fingerprint density at radius 1 is 0.967 bits per heavy atom. The summed E-state index contributed by atoms with van der Waals surface area (Å²) in [5.74, 6) is 2.41. The van der Waals surface area contributed by atoms with Crippen molar-refractivity contribution in [2.45, 2.75) is 70.2 Å². The van der Waals surface area contributed by atoms with Crippen molar-refractivity contribution >= 4 is 0 Å². The number of hydrogen-bond donors (Lipinski definition) is 1. The molecule has 1 N–H and O–H groups in total. The highest BCUT2D eigenvalue weighted by Gasteiger charge is 2.29. The van der Waals surface area contributed by atoms with Gasteiger partial charge in [-0.25, -0.2) is 0 Å². The highest BCUT2D eigenvalue weighted by atomic mass is 16.5. The quantitative estimate of drug-likeness (QED) is 0.666. The highest BCUT2D eigenvalue weighted by molar-refractivity contribution is 5.44. The van der Waals surface area contributed by atoms with Crippen LogP contribution in [0.2, 0.25) is 0 Å². The topological polar surface area (TPSA) is 33.7 Å². The van der Waals surface area contributed by atoms with Gasteiger partial charge in [0.2, 0.25) is 0 Å². The van der Waals surface area contributed by atoms with Crippen LogP contribution in [0.4, 0.5) is 0 Å². The monoisotopic (exact) mass is 406 g/mol. The van der Waals surface area contributed by atoms with Crippen molar-refractivity contribution in [1.82, 2.24) is 10.2 Å². The molecule has 4 nitrogen and oxygen atoms in total. The number of rotatable bonds is 8. The lowest BCUT2D eigenvalue weighted by Crippen LogP contribution is -2.45. The summed E-state index contributed by atoms with van der Waals surface area (Å²) in [7, 11) is 0. The van der Waals surface area contributed by atoms with Gasteiger partial charge in [0, 0.05) is 32.2 Å². The van der Waals surface area contributed by atoms with Gasteiger partial charge in [0.1, 0.15) is 0 Å². The normalized spacial score (nSPS) is 22.3. The first-order valence-corrected chi connectivity index (χ1v) is 11.7. The third-order valence-corrected chi connectivity index (χ3v) is 6.30. The van der Waals surface area contributed by atoms with Crippen LogP contribution in [0.25, 0.3) is 0 Å². The van der Waals surface area contributed by atoms with Gasteiger partial charge in [0.25, 0.3) is 0 Å². The minimum atomic E-state index is 0.386. The van der Waals surface area contributed by atoms with E-state index in [1.807, 2.05) is 0 Å². The Labute approximate surface area is 180 Å². The summed E-state index contributed by atoms with van der Waals surface area (Å²) in [6, 6.07) is 15.8. The van der Waals surface area contributed by atoms with Crippen LogP contribution in [-0.4, -0.2) is 36.7 Å². The van der Waals surface area contributed by atoms with Crippen molar-refractivity contribution in [2.75, 3.05) is 19.6 Å². The molecule has 2 aliphatic carbocycles. The lowest BCUT2D eigenvalue weighted by Gasteiger charge is -2.35. The number of nitrogens with one attached hydrogen (secondary N) is 1. The Balaban J connectivity index is 1.29. The van der Waals surface area contributed by atoms with E-state index >= 15 is 0 Å². The summed E-state index contributed by atoms with van der Waals surface area (Å²) in [5, 5.41) is 3.74. The van der Waals surface area contributed by atoms with Gasteiger partial charge in [-0.15, -0.1) is 0 Å². The van der Waals surface area contributed by atoms with Crippen LogP contribution in [-0.2, 0) is 6.54 Å². The van der Waals surface area contributed by atoms with E-state index in [2.05, 4.69) is 66.5 Å². The average molecular weight is 407 g/mol. The van der Waals surface area contributed by atoms with Crippen LogP contribution in [0, 0.1) is 0 Å². The van der Waals surface area contributed by atoms with Gasteiger partial charge >= 0.3 is 0 Å². The minimum Gasteiger partial charge on any atom is -0.487 e. The van der Waals surface area contributed by atoms with Crippen LogP contribution in [0.5, 0.6) is 11.5 Å². The number of ether oxygens (including phenoxy) is 2. The van der Waals surface area contributed by atoms with Crippen molar-refractivity contribution in [3.8, 4) is 11.5 Å². The second-order valence-electron chi connectivity index (χ2n) is 9.44. The van der Waals surface area contributed by atoms with Crippen LogP contribution in [0.15, 0.2) is 42.5 Å². The molecule has 160 valence electrons. The second kappa shape index (κ2) is 8.60. The highest BCUT2D eigenvalue weighted by Crippen LogP contribution is 2.38. The van der Waals surface area contributed by atoms with Crippen molar-refractivity contribution in [3.05, 3.63) is 59.2 Å². The third kappa shape index (κ3) is 4.81. The Morgan fingerprint density at radius 3 is 2.43 bits per heavy atom. The second-order valence-corrected chi connectivity index (χ2v) is 9.44. The van der Waals surface area contributed by atoms with E-state index in [1.54, 1.807) is 0 Å². The summed E-state index contributed by atoms with van der Waals surface area (Å²) in [5.41, 5.74) is 4.22. The smallest absolute Gasteiger partial charge is 0.161 e. The van der Waals surface area contributed by atoms with Crippen molar-refractivity contribution in [3.63, 3.8) is 0 Å². The first-order valence-electron chi connectivity index (χ1n) is 11.7. The molecule has 4 heteroatoms. The predicted molar refractivity (Wildman–Crippen MR) is 120 cm³/mol. The van der Waals surface area contributed by atoms with Crippen molar-refractivity contribution in [2.24, 2.45) is 0 Å². The number of benzene rings is 2. The molecule has 2 aromatic carbocycles. The van der Waals surface area contributed by atoms with Gasteiger partial charge in [-0.05, 0) is 60.4 Å². The maximum absolute atomic E-state index is 6.19. The zero-order valence-corrected chi connectivity index (χ0v) is 18.3. The molecule has 2 aromatic rings. The fourth-order valence-electron chi connectivity index (χ4n) is 4.35. The molecular weight excluding hydrogens is 372 g/mol. The number of hydrogen-bond acceptors (Lipinski definition) is 4. The van der Waals surface area contributed by atoms with Gasteiger partial charge < -0.3 is 14.8 Å². The van der Waals surface area contributed by atoms with Crippen LogP contribution in [0.1, 0.15) is 68.2 Å². The molecule has 0 bridgehead atoms. The van der Waals surface area contributed by atoms with Gasteiger partial charge in [0.15, 0.2) is 11.5 Å². The average Bonchev–Trinajstić information content (AvgIpc) is 3.67. The van der Waals surface area contributed by atoms with Gasteiger partial charge in [0.05, 0.1) is 12.2 Å². The van der Waals surface area contributed by atoms with Gasteiger partial charge in [-0.1, -0.05) is 44.2 Å². The minimum absolute atomic E-state index is 0.386. The summed E-state index contributed by atoms with van der Waals surface area (Å²) in [4.78, 5) is 2.57. The third-order valence-electron chi connectivity index (χ3n) is 6.30. The molecule has 1 atom stereocenters. The van der Waals surface area contributed by atoms with Gasteiger partial charge in [-0.2, -0.15) is 0 Å². The Morgan fingerprint density at radius 2 is 1.70 bits per heavy atom. The lowest BCUT2D eigenvalue weighted by molar-refractivity contribution is 0.192. The molecule has 1 aliphatic heterocycles. The summed E-state index contributed by atoms with van der Waals surface area (Å²) in [6.45, 7) is 8.64.